The maximum atomic E-state index is 11.1. The van der Waals surface area contributed by atoms with Crippen LogP contribution in [0.4, 0.5) is 0 Å². The number of hydrogen-bond donors (Lipinski definition) is 2. The van der Waals surface area contributed by atoms with Gasteiger partial charge in [0.25, 0.3) is 0 Å². The highest BCUT2D eigenvalue weighted by molar-refractivity contribution is 5.99. The first kappa shape index (κ1) is 9.61. The summed E-state index contributed by atoms with van der Waals surface area (Å²) in [5, 5.41) is 5.64. The van der Waals surface area contributed by atoms with E-state index in [1.54, 1.807) is 0 Å². The molecule has 0 aromatic carbocycles. The van der Waals surface area contributed by atoms with E-state index in [2.05, 4.69) is 10.6 Å². The van der Waals surface area contributed by atoms with Gasteiger partial charge in [-0.2, -0.15) is 0 Å². The molecular formula is C9H15N3O2. The molecule has 14 heavy (non-hydrogen) atoms. The van der Waals surface area contributed by atoms with Crippen molar-refractivity contribution in [2.45, 2.75) is 18.9 Å². The van der Waals surface area contributed by atoms with E-state index in [9.17, 15) is 9.59 Å². The third kappa shape index (κ3) is 2.30. The van der Waals surface area contributed by atoms with Crippen molar-refractivity contribution in [2.75, 3.05) is 26.2 Å². The molecule has 2 N–H and O–H groups in total. The summed E-state index contributed by atoms with van der Waals surface area (Å²) in [6.07, 6.45) is 2.34. The van der Waals surface area contributed by atoms with E-state index in [4.69, 9.17) is 0 Å². The molecule has 0 aromatic rings. The summed E-state index contributed by atoms with van der Waals surface area (Å²) >= 11 is 0. The third-order valence-corrected chi connectivity index (χ3v) is 2.65. The Bertz CT molecular complexity index is 232. The van der Waals surface area contributed by atoms with Crippen LogP contribution in [0.15, 0.2) is 0 Å². The van der Waals surface area contributed by atoms with Crippen molar-refractivity contribution in [3.63, 3.8) is 0 Å². The highest BCUT2D eigenvalue weighted by Gasteiger charge is 2.25. The molecule has 1 atom stereocenters. The van der Waals surface area contributed by atoms with Crippen LogP contribution in [-0.2, 0) is 9.59 Å². The normalized spacial score (nSPS) is 29.3. The highest BCUT2D eigenvalue weighted by atomic mass is 16.2. The van der Waals surface area contributed by atoms with Gasteiger partial charge in [0.15, 0.2) is 0 Å². The van der Waals surface area contributed by atoms with Crippen molar-refractivity contribution in [3.8, 4) is 0 Å². The second-order valence-electron chi connectivity index (χ2n) is 3.93. The van der Waals surface area contributed by atoms with Crippen LogP contribution in [0.3, 0.4) is 0 Å². The van der Waals surface area contributed by atoms with Gasteiger partial charge in [-0.25, -0.2) is 0 Å². The predicted molar refractivity (Wildman–Crippen MR) is 50.6 cm³/mol. The number of hydrogen-bond acceptors (Lipinski definition) is 4. The molecule has 0 saturated carbocycles. The van der Waals surface area contributed by atoms with Gasteiger partial charge in [0.1, 0.15) is 0 Å². The molecule has 5 nitrogen and oxygen atoms in total. The summed E-state index contributed by atoms with van der Waals surface area (Å²) in [6.45, 7) is 2.56. The molecule has 0 aromatic heterocycles. The SMILES string of the molecule is O=C1CN(C[C@@H]2CCCN2)CC(=O)N1. The number of piperazine rings is 1. The lowest BCUT2D eigenvalue weighted by atomic mass is 10.2. The van der Waals surface area contributed by atoms with Gasteiger partial charge in [-0.05, 0) is 19.4 Å². The van der Waals surface area contributed by atoms with Gasteiger partial charge >= 0.3 is 0 Å². The van der Waals surface area contributed by atoms with Crippen LogP contribution in [0.2, 0.25) is 0 Å². The van der Waals surface area contributed by atoms with E-state index in [1.165, 1.54) is 6.42 Å². The summed E-state index contributed by atoms with van der Waals surface area (Å²) in [5.41, 5.74) is 0. The molecule has 0 unspecified atom stereocenters. The van der Waals surface area contributed by atoms with Gasteiger partial charge in [-0.15, -0.1) is 0 Å². The molecule has 5 heteroatoms. The monoisotopic (exact) mass is 197 g/mol. The Labute approximate surface area is 82.8 Å². The lowest BCUT2D eigenvalue weighted by Gasteiger charge is -2.27. The van der Waals surface area contributed by atoms with E-state index in [1.807, 2.05) is 4.90 Å². The van der Waals surface area contributed by atoms with Gasteiger partial charge in [-0.3, -0.25) is 19.8 Å². The van der Waals surface area contributed by atoms with Crippen molar-refractivity contribution in [1.82, 2.24) is 15.5 Å². The van der Waals surface area contributed by atoms with Crippen molar-refractivity contribution in [2.24, 2.45) is 0 Å². The summed E-state index contributed by atoms with van der Waals surface area (Å²) in [6, 6.07) is 0.452. The quantitative estimate of drug-likeness (QED) is 0.540. The van der Waals surface area contributed by atoms with Crippen molar-refractivity contribution < 1.29 is 9.59 Å². The zero-order valence-electron chi connectivity index (χ0n) is 8.08. The molecule has 2 heterocycles. The number of nitrogens with zero attached hydrogens (tertiary/aromatic N) is 1. The largest absolute Gasteiger partial charge is 0.313 e. The second-order valence-corrected chi connectivity index (χ2v) is 3.93. The summed E-state index contributed by atoms with van der Waals surface area (Å²) in [4.78, 5) is 24.0. The van der Waals surface area contributed by atoms with Gasteiger partial charge in [0, 0.05) is 12.6 Å². The first-order valence-electron chi connectivity index (χ1n) is 5.02. The van der Waals surface area contributed by atoms with Gasteiger partial charge in [-0.1, -0.05) is 0 Å². The standard InChI is InChI=1S/C9H15N3O2/c13-8-5-12(6-9(14)11-8)4-7-2-1-3-10-7/h7,10H,1-6H2,(H,11,13,14)/t7-/m0/s1. The number of amides is 2. The molecule has 2 aliphatic rings. The van der Waals surface area contributed by atoms with Crippen LogP contribution in [0.1, 0.15) is 12.8 Å². The van der Waals surface area contributed by atoms with Gasteiger partial charge in [0.05, 0.1) is 13.1 Å². The molecule has 0 spiro atoms. The van der Waals surface area contributed by atoms with Crippen LogP contribution < -0.4 is 10.6 Å². The van der Waals surface area contributed by atoms with E-state index in [0.29, 0.717) is 19.1 Å². The Balaban J connectivity index is 1.84. The first-order valence-corrected chi connectivity index (χ1v) is 5.02. The highest BCUT2D eigenvalue weighted by Crippen LogP contribution is 2.07. The average Bonchev–Trinajstić information content (AvgIpc) is 2.54. The lowest BCUT2D eigenvalue weighted by Crippen LogP contribution is -2.53. The Morgan fingerprint density at radius 2 is 2.00 bits per heavy atom. The second kappa shape index (κ2) is 4.06. The van der Waals surface area contributed by atoms with Crippen LogP contribution in [0.25, 0.3) is 0 Å². The number of rotatable bonds is 2. The third-order valence-electron chi connectivity index (χ3n) is 2.65. The first-order chi connectivity index (χ1) is 6.74. The molecule has 78 valence electrons. The Kier molecular flexibility index (Phi) is 2.79. The number of imide groups is 1. The van der Waals surface area contributed by atoms with E-state index in [-0.39, 0.29) is 11.8 Å². The number of carbonyl (C=O) groups is 2. The molecule has 0 aliphatic carbocycles. The summed E-state index contributed by atoms with van der Waals surface area (Å²) in [5.74, 6) is -0.363. The minimum absolute atomic E-state index is 0.181. The Morgan fingerprint density at radius 1 is 1.29 bits per heavy atom. The molecule has 0 radical (unpaired) electrons. The number of nitrogens with one attached hydrogen (secondary N) is 2. The fourth-order valence-electron chi connectivity index (χ4n) is 2.05. The zero-order chi connectivity index (χ0) is 9.97. The molecule has 2 rings (SSSR count). The molecular weight excluding hydrogens is 182 g/mol. The van der Waals surface area contributed by atoms with Crippen LogP contribution in [0.5, 0.6) is 0 Å². The van der Waals surface area contributed by atoms with Gasteiger partial charge < -0.3 is 5.32 Å². The van der Waals surface area contributed by atoms with E-state index in [0.717, 1.165) is 19.5 Å². The van der Waals surface area contributed by atoms with Crippen LogP contribution in [0, 0.1) is 0 Å². The van der Waals surface area contributed by atoms with Crippen molar-refractivity contribution in [1.29, 1.82) is 0 Å². The maximum Gasteiger partial charge on any atom is 0.240 e. The van der Waals surface area contributed by atoms with E-state index < -0.39 is 0 Å². The minimum atomic E-state index is -0.181. The smallest absolute Gasteiger partial charge is 0.240 e. The van der Waals surface area contributed by atoms with Crippen molar-refractivity contribution in [3.05, 3.63) is 0 Å². The molecule has 2 aliphatic heterocycles. The Hall–Kier alpha value is -0.940. The van der Waals surface area contributed by atoms with E-state index >= 15 is 0 Å². The van der Waals surface area contributed by atoms with Crippen LogP contribution >= 0.6 is 0 Å². The molecule has 2 fully saturated rings. The topological polar surface area (TPSA) is 61.4 Å². The minimum Gasteiger partial charge on any atom is -0.313 e. The predicted octanol–water partition coefficient (Wildman–Crippen LogP) is -1.30. The molecule has 0 bridgehead atoms. The lowest BCUT2D eigenvalue weighted by molar-refractivity contribution is -0.136. The zero-order valence-corrected chi connectivity index (χ0v) is 8.08. The fraction of sp³-hybridized carbons (Fsp3) is 0.778. The maximum absolute atomic E-state index is 11.1. The average molecular weight is 197 g/mol. The fourth-order valence-corrected chi connectivity index (χ4v) is 2.05. The summed E-state index contributed by atoms with van der Waals surface area (Å²) < 4.78 is 0. The number of carbonyl (C=O) groups excluding carboxylic acids is 2. The Morgan fingerprint density at radius 3 is 2.57 bits per heavy atom. The molecule has 2 saturated heterocycles. The van der Waals surface area contributed by atoms with Crippen molar-refractivity contribution >= 4 is 11.8 Å². The molecule has 2 amide bonds. The summed E-state index contributed by atoms with van der Waals surface area (Å²) in [7, 11) is 0. The van der Waals surface area contributed by atoms with Crippen LogP contribution in [-0.4, -0.2) is 48.9 Å². The van der Waals surface area contributed by atoms with Gasteiger partial charge in [0.2, 0.25) is 11.8 Å².